The van der Waals surface area contributed by atoms with Gasteiger partial charge in [-0.25, -0.2) is 0 Å². The molecule has 4 nitrogen and oxygen atoms in total. The zero-order valence-electron chi connectivity index (χ0n) is 18.4. The number of benzene rings is 4. The fourth-order valence-corrected chi connectivity index (χ4v) is 4.71. The van der Waals surface area contributed by atoms with Crippen LogP contribution < -0.4 is 10.7 Å². The Balaban J connectivity index is 1.53. The lowest BCUT2D eigenvalue weighted by atomic mass is 9.69. The van der Waals surface area contributed by atoms with Crippen LogP contribution in [0.1, 0.15) is 27.8 Å². The van der Waals surface area contributed by atoms with Gasteiger partial charge in [-0.2, -0.15) is 5.10 Å². The van der Waals surface area contributed by atoms with Crippen LogP contribution in [0.3, 0.4) is 0 Å². The van der Waals surface area contributed by atoms with Gasteiger partial charge >= 0.3 is 0 Å². The molecule has 1 aliphatic rings. The number of rotatable bonds is 5. The van der Waals surface area contributed by atoms with Gasteiger partial charge < -0.3 is 5.32 Å². The second-order valence-electron chi connectivity index (χ2n) is 8.10. The highest BCUT2D eigenvalue weighted by Gasteiger charge is 2.52. The number of hydrogen-bond donors (Lipinski definition) is 2. The SMILES string of the molecule is O=C1/C(=N\NC(=S)NCc2ccccc2)c2ccccc2C1(c1ccccc1)c1ccccc1. The Kier molecular flexibility index (Phi) is 6.02. The van der Waals surface area contributed by atoms with Crippen molar-refractivity contribution in [3.8, 4) is 0 Å². The molecule has 5 heteroatoms. The second-order valence-corrected chi connectivity index (χ2v) is 8.51. The summed E-state index contributed by atoms with van der Waals surface area (Å²) >= 11 is 5.43. The van der Waals surface area contributed by atoms with Crippen LogP contribution in [-0.2, 0) is 16.8 Å². The third kappa shape index (κ3) is 3.80. The maximum absolute atomic E-state index is 14.2. The molecule has 166 valence electrons. The minimum Gasteiger partial charge on any atom is -0.357 e. The molecule has 0 saturated carbocycles. The van der Waals surface area contributed by atoms with Crippen LogP contribution in [0.15, 0.2) is 120 Å². The average molecular weight is 462 g/mol. The van der Waals surface area contributed by atoms with Gasteiger partial charge in [0.25, 0.3) is 0 Å². The van der Waals surface area contributed by atoms with Crippen molar-refractivity contribution < 1.29 is 4.79 Å². The van der Waals surface area contributed by atoms with Gasteiger partial charge in [-0.05, 0) is 34.5 Å². The molecule has 0 unspecified atom stereocenters. The van der Waals surface area contributed by atoms with E-state index in [1.165, 1.54) is 0 Å². The van der Waals surface area contributed by atoms with Gasteiger partial charge in [-0.1, -0.05) is 115 Å². The monoisotopic (exact) mass is 461 g/mol. The maximum atomic E-state index is 14.2. The summed E-state index contributed by atoms with van der Waals surface area (Å²) in [6, 6.07) is 37.6. The van der Waals surface area contributed by atoms with Gasteiger partial charge in [-0.15, -0.1) is 0 Å². The molecule has 34 heavy (non-hydrogen) atoms. The van der Waals surface area contributed by atoms with E-state index in [1.54, 1.807) is 0 Å². The van der Waals surface area contributed by atoms with Crippen molar-refractivity contribution in [2.45, 2.75) is 12.0 Å². The smallest absolute Gasteiger partial charge is 0.202 e. The van der Waals surface area contributed by atoms with Gasteiger partial charge in [0.2, 0.25) is 5.78 Å². The van der Waals surface area contributed by atoms with Gasteiger partial charge in [0.1, 0.15) is 11.1 Å². The third-order valence-corrected chi connectivity index (χ3v) is 6.36. The number of Topliss-reactive ketones (excluding diaryl/α,β-unsaturated/α-hetero) is 1. The molecule has 0 saturated heterocycles. The molecule has 0 heterocycles. The summed E-state index contributed by atoms with van der Waals surface area (Å²) in [4.78, 5) is 14.2. The number of carbonyl (C=O) groups excluding carboxylic acids is 1. The van der Waals surface area contributed by atoms with Gasteiger partial charge in [0.05, 0.1) is 0 Å². The summed E-state index contributed by atoms with van der Waals surface area (Å²) in [6.07, 6.45) is 0. The predicted molar refractivity (Wildman–Crippen MR) is 140 cm³/mol. The molecule has 2 N–H and O–H groups in total. The molecule has 0 atom stereocenters. The number of nitrogens with one attached hydrogen (secondary N) is 2. The maximum Gasteiger partial charge on any atom is 0.202 e. The summed E-state index contributed by atoms with van der Waals surface area (Å²) in [5.74, 6) is -0.0792. The molecule has 4 aromatic rings. The highest BCUT2D eigenvalue weighted by molar-refractivity contribution is 7.80. The number of thiocarbonyl (C=S) groups is 1. The molecule has 0 aromatic heterocycles. The van der Waals surface area contributed by atoms with Crippen LogP contribution in [0.25, 0.3) is 0 Å². The number of hydrazone groups is 1. The number of fused-ring (bicyclic) bond motifs is 1. The number of hydrogen-bond acceptors (Lipinski definition) is 3. The predicted octanol–water partition coefficient (Wildman–Crippen LogP) is 4.97. The van der Waals surface area contributed by atoms with E-state index in [0.717, 1.165) is 27.8 Å². The quantitative estimate of drug-likeness (QED) is 0.325. The van der Waals surface area contributed by atoms with Gasteiger partial charge in [0.15, 0.2) is 5.11 Å². The third-order valence-electron chi connectivity index (χ3n) is 6.12. The van der Waals surface area contributed by atoms with E-state index in [2.05, 4.69) is 15.8 Å². The Morgan fingerprint density at radius 1 is 0.735 bits per heavy atom. The number of ketones is 1. The van der Waals surface area contributed by atoms with E-state index in [9.17, 15) is 4.79 Å². The van der Waals surface area contributed by atoms with Crippen molar-refractivity contribution in [3.63, 3.8) is 0 Å². The summed E-state index contributed by atoms with van der Waals surface area (Å²) in [7, 11) is 0. The molecular weight excluding hydrogens is 438 g/mol. The summed E-state index contributed by atoms with van der Waals surface area (Å²) in [5, 5.41) is 8.02. The van der Waals surface area contributed by atoms with Crippen LogP contribution in [0.4, 0.5) is 0 Å². The lowest BCUT2D eigenvalue weighted by Crippen LogP contribution is -2.38. The summed E-state index contributed by atoms with van der Waals surface area (Å²) in [6.45, 7) is 0.569. The molecule has 0 spiro atoms. The molecule has 0 amide bonds. The lowest BCUT2D eigenvalue weighted by Gasteiger charge is -2.30. The molecule has 4 aromatic carbocycles. The van der Waals surface area contributed by atoms with Crippen LogP contribution in [0.2, 0.25) is 0 Å². The van der Waals surface area contributed by atoms with Gasteiger partial charge in [-0.3, -0.25) is 10.2 Å². The fourth-order valence-electron chi connectivity index (χ4n) is 4.59. The first-order chi connectivity index (χ1) is 16.7. The molecule has 0 radical (unpaired) electrons. The zero-order valence-corrected chi connectivity index (χ0v) is 19.3. The van der Waals surface area contributed by atoms with E-state index in [-0.39, 0.29) is 5.78 Å². The summed E-state index contributed by atoms with van der Waals surface area (Å²) in [5.41, 5.74) is 6.94. The number of carbonyl (C=O) groups is 1. The van der Waals surface area contributed by atoms with Crippen LogP contribution in [0, 0.1) is 0 Å². The molecule has 5 rings (SSSR count). The molecule has 1 aliphatic carbocycles. The van der Waals surface area contributed by atoms with Crippen molar-refractivity contribution in [2.75, 3.05) is 0 Å². The Morgan fingerprint density at radius 2 is 1.26 bits per heavy atom. The van der Waals surface area contributed by atoms with E-state index in [1.807, 2.05) is 115 Å². The van der Waals surface area contributed by atoms with Crippen molar-refractivity contribution in [2.24, 2.45) is 5.10 Å². The first-order valence-corrected chi connectivity index (χ1v) is 11.5. The van der Waals surface area contributed by atoms with Crippen molar-refractivity contribution in [1.82, 2.24) is 10.7 Å². The Hall–Kier alpha value is -4.09. The Bertz CT molecular complexity index is 1310. The second kappa shape index (κ2) is 9.41. The normalized spacial score (nSPS) is 15.1. The number of nitrogens with zero attached hydrogens (tertiary/aromatic N) is 1. The van der Waals surface area contributed by atoms with Crippen LogP contribution >= 0.6 is 12.2 Å². The first-order valence-electron chi connectivity index (χ1n) is 11.1. The van der Waals surface area contributed by atoms with Gasteiger partial charge in [0, 0.05) is 12.1 Å². The molecule has 0 bridgehead atoms. The van der Waals surface area contributed by atoms with Crippen molar-refractivity contribution in [3.05, 3.63) is 143 Å². The molecular formula is C29H23N3OS. The minimum atomic E-state index is -0.973. The highest BCUT2D eigenvalue weighted by Crippen LogP contribution is 2.46. The first kappa shape index (κ1) is 21.7. The van der Waals surface area contributed by atoms with E-state index in [0.29, 0.717) is 17.4 Å². The van der Waals surface area contributed by atoms with Crippen molar-refractivity contribution >= 4 is 28.8 Å². The van der Waals surface area contributed by atoms with Crippen molar-refractivity contribution in [1.29, 1.82) is 0 Å². The largest absolute Gasteiger partial charge is 0.357 e. The van der Waals surface area contributed by atoms with E-state index >= 15 is 0 Å². The molecule has 0 fully saturated rings. The van der Waals surface area contributed by atoms with Crippen LogP contribution in [-0.4, -0.2) is 16.6 Å². The lowest BCUT2D eigenvalue weighted by molar-refractivity contribution is -0.115. The average Bonchev–Trinajstić information content (AvgIpc) is 3.16. The Morgan fingerprint density at radius 3 is 1.88 bits per heavy atom. The standard InChI is InChI=1S/C29H23N3OS/c33-27-26(31-32-28(34)30-20-21-12-4-1-5-13-21)24-18-10-11-19-25(24)29(27,22-14-6-2-7-15-22)23-16-8-3-9-17-23/h1-19H,20H2,(H2,30,32,34)/b31-26-. The minimum absolute atomic E-state index is 0.0792. The van der Waals surface area contributed by atoms with E-state index < -0.39 is 5.41 Å². The van der Waals surface area contributed by atoms with Crippen LogP contribution in [0.5, 0.6) is 0 Å². The summed E-state index contributed by atoms with van der Waals surface area (Å²) < 4.78 is 0. The van der Waals surface area contributed by atoms with E-state index in [4.69, 9.17) is 12.2 Å². The topological polar surface area (TPSA) is 53.5 Å². The highest BCUT2D eigenvalue weighted by atomic mass is 32.1. The Labute approximate surface area is 204 Å². The molecule has 0 aliphatic heterocycles. The zero-order chi connectivity index (χ0) is 23.4. The fraction of sp³-hybridized carbons (Fsp3) is 0.0690.